The minimum absolute atomic E-state index is 0.190. The predicted octanol–water partition coefficient (Wildman–Crippen LogP) is 2.85. The lowest BCUT2D eigenvalue weighted by Gasteiger charge is -2.11. The average molecular weight is 433 g/mol. The van der Waals surface area contributed by atoms with E-state index in [1.807, 2.05) is 32.0 Å². The van der Waals surface area contributed by atoms with Crippen molar-refractivity contribution in [1.82, 2.24) is 19.3 Å². The number of aryl methyl sites for hydroxylation is 2. The van der Waals surface area contributed by atoms with E-state index in [9.17, 15) is 9.59 Å². The van der Waals surface area contributed by atoms with Crippen LogP contribution in [0, 0.1) is 13.8 Å². The van der Waals surface area contributed by atoms with Crippen LogP contribution >= 0.6 is 0 Å². The smallest absolute Gasteiger partial charge is 0.264 e. The second-order valence-electron chi connectivity index (χ2n) is 7.38. The van der Waals surface area contributed by atoms with E-state index in [0.29, 0.717) is 28.2 Å². The quantitative estimate of drug-likeness (QED) is 0.502. The summed E-state index contributed by atoms with van der Waals surface area (Å²) >= 11 is 0. The zero-order valence-electron chi connectivity index (χ0n) is 18.2. The van der Waals surface area contributed by atoms with E-state index >= 15 is 0 Å². The Morgan fingerprint density at radius 2 is 1.84 bits per heavy atom. The van der Waals surface area contributed by atoms with Crippen molar-refractivity contribution < 1.29 is 14.3 Å². The number of carbonyl (C=O) groups is 1. The molecule has 0 saturated heterocycles. The largest absolute Gasteiger partial charge is 0.493 e. The van der Waals surface area contributed by atoms with Crippen LogP contribution < -0.4 is 20.3 Å². The average Bonchev–Trinajstić information content (AvgIpc) is 3.20. The number of anilines is 1. The monoisotopic (exact) mass is 433 g/mol. The van der Waals surface area contributed by atoms with Gasteiger partial charge in [-0.1, -0.05) is 17.7 Å². The Bertz CT molecular complexity index is 1370. The number of fused-ring (bicyclic) bond motifs is 1. The number of aromatic nitrogens is 4. The molecule has 0 aliphatic rings. The first-order valence-corrected chi connectivity index (χ1v) is 9.94. The molecule has 0 spiro atoms. The van der Waals surface area contributed by atoms with Gasteiger partial charge in [-0.3, -0.25) is 14.2 Å². The van der Waals surface area contributed by atoms with E-state index in [1.54, 1.807) is 22.9 Å². The van der Waals surface area contributed by atoms with Crippen LogP contribution in [0.1, 0.15) is 11.1 Å². The van der Waals surface area contributed by atoms with E-state index in [-0.39, 0.29) is 18.0 Å². The van der Waals surface area contributed by atoms with Gasteiger partial charge in [0.15, 0.2) is 17.1 Å². The van der Waals surface area contributed by atoms with Gasteiger partial charge in [0.2, 0.25) is 5.91 Å². The predicted molar refractivity (Wildman–Crippen MR) is 121 cm³/mol. The van der Waals surface area contributed by atoms with Crippen molar-refractivity contribution in [3.05, 3.63) is 70.4 Å². The highest BCUT2D eigenvalue weighted by Crippen LogP contribution is 2.29. The van der Waals surface area contributed by atoms with Crippen molar-refractivity contribution in [2.75, 3.05) is 19.5 Å². The number of amides is 1. The molecule has 0 radical (unpaired) electrons. The van der Waals surface area contributed by atoms with Crippen LogP contribution in [0.5, 0.6) is 11.5 Å². The molecule has 2 aromatic carbocycles. The van der Waals surface area contributed by atoms with Crippen molar-refractivity contribution in [3.63, 3.8) is 0 Å². The Morgan fingerprint density at radius 3 is 2.56 bits per heavy atom. The summed E-state index contributed by atoms with van der Waals surface area (Å²) in [6, 6.07) is 11.0. The van der Waals surface area contributed by atoms with E-state index < -0.39 is 0 Å². The SMILES string of the molecule is COc1ccc(NC(=O)Cn2cnc3c(cnn3-c3ccc(C)cc3C)c2=O)cc1OC. The van der Waals surface area contributed by atoms with Gasteiger partial charge < -0.3 is 14.8 Å². The molecule has 0 fully saturated rings. The standard InChI is InChI=1S/C23H23N5O4/c1-14-5-7-18(15(2)9-14)28-22-17(11-25-28)23(30)27(13-24-22)12-21(29)26-16-6-8-19(31-3)20(10-16)32-4/h5-11,13H,12H2,1-4H3,(H,26,29). The third-order valence-electron chi connectivity index (χ3n) is 5.12. The molecule has 0 saturated carbocycles. The van der Waals surface area contributed by atoms with Crippen LogP contribution in [0.2, 0.25) is 0 Å². The number of rotatable bonds is 6. The Balaban J connectivity index is 1.59. The Kier molecular flexibility index (Phi) is 5.63. The summed E-state index contributed by atoms with van der Waals surface area (Å²) in [6.45, 7) is 3.81. The number of nitrogens with one attached hydrogen (secondary N) is 1. The highest BCUT2D eigenvalue weighted by Gasteiger charge is 2.15. The molecule has 1 N–H and O–H groups in total. The van der Waals surface area contributed by atoms with Crippen molar-refractivity contribution in [3.8, 4) is 17.2 Å². The maximum Gasteiger partial charge on any atom is 0.264 e. The topological polar surface area (TPSA) is 100 Å². The molecule has 1 amide bonds. The summed E-state index contributed by atoms with van der Waals surface area (Å²) < 4.78 is 13.3. The van der Waals surface area contributed by atoms with Gasteiger partial charge in [0.25, 0.3) is 5.56 Å². The fourth-order valence-electron chi connectivity index (χ4n) is 3.55. The van der Waals surface area contributed by atoms with E-state index in [4.69, 9.17) is 9.47 Å². The minimum Gasteiger partial charge on any atom is -0.493 e. The number of nitrogens with zero attached hydrogens (tertiary/aromatic N) is 4. The summed E-state index contributed by atoms with van der Waals surface area (Å²) in [5.41, 5.74) is 3.64. The summed E-state index contributed by atoms with van der Waals surface area (Å²) in [5, 5.41) is 7.45. The molecule has 164 valence electrons. The number of ether oxygens (including phenoxy) is 2. The molecule has 0 aliphatic heterocycles. The molecule has 0 unspecified atom stereocenters. The zero-order chi connectivity index (χ0) is 22.8. The number of benzene rings is 2. The molecule has 2 aromatic heterocycles. The van der Waals surface area contributed by atoms with Gasteiger partial charge in [0.05, 0.1) is 26.1 Å². The fraction of sp³-hybridized carbons (Fsp3) is 0.217. The lowest BCUT2D eigenvalue weighted by Crippen LogP contribution is -2.27. The van der Waals surface area contributed by atoms with Crippen molar-refractivity contribution in [2.45, 2.75) is 20.4 Å². The molecular formula is C23H23N5O4. The van der Waals surface area contributed by atoms with Crippen LogP contribution in [0.25, 0.3) is 16.7 Å². The molecule has 0 bridgehead atoms. The van der Waals surface area contributed by atoms with Gasteiger partial charge in [0, 0.05) is 11.8 Å². The first-order chi connectivity index (χ1) is 15.4. The Morgan fingerprint density at radius 1 is 1.06 bits per heavy atom. The fourth-order valence-corrected chi connectivity index (χ4v) is 3.55. The van der Waals surface area contributed by atoms with Crippen molar-refractivity contribution in [1.29, 1.82) is 0 Å². The Hall–Kier alpha value is -4.14. The maximum absolute atomic E-state index is 12.9. The summed E-state index contributed by atoms with van der Waals surface area (Å²) in [7, 11) is 3.05. The second-order valence-corrected chi connectivity index (χ2v) is 7.38. The highest BCUT2D eigenvalue weighted by molar-refractivity contribution is 5.91. The lowest BCUT2D eigenvalue weighted by molar-refractivity contribution is -0.116. The van der Waals surface area contributed by atoms with Gasteiger partial charge in [-0.25, -0.2) is 9.67 Å². The molecule has 32 heavy (non-hydrogen) atoms. The maximum atomic E-state index is 12.9. The first-order valence-electron chi connectivity index (χ1n) is 9.94. The first kappa shape index (κ1) is 21.1. The Labute approximate surface area is 184 Å². The highest BCUT2D eigenvalue weighted by atomic mass is 16.5. The van der Waals surface area contributed by atoms with Crippen molar-refractivity contribution in [2.24, 2.45) is 0 Å². The summed E-state index contributed by atoms with van der Waals surface area (Å²) in [5.74, 6) is 0.670. The van der Waals surface area contributed by atoms with Gasteiger partial charge in [0.1, 0.15) is 18.3 Å². The minimum atomic E-state index is -0.373. The molecule has 0 atom stereocenters. The van der Waals surface area contributed by atoms with Crippen LogP contribution in [-0.4, -0.2) is 39.5 Å². The zero-order valence-corrected chi connectivity index (χ0v) is 18.2. The van der Waals surface area contributed by atoms with Gasteiger partial charge in [-0.2, -0.15) is 5.10 Å². The van der Waals surface area contributed by atoms with Crippen LogP contribution in [0.15, 0.2) is 53.7 Å². The third-order valence-corrected chi connectivity index (χ3v) is 5.12. The van der Waals surface area contributed by atoms with Crippen LogP contribution in [0.3, 0.4) is 0 Å². The van der Waals surface area contributed by atoms with Gasteiger partial charge >= 0.3 is 0 Å². The van der Waals surface area contributed by atoms with E-state index in [0.717, 1.165) is 16.8 Å². The molecule has 0 aliphatic carbocycles. The van der Waals surface area contributed by atoms with Gasteiger partial charge in [-0.15, -0.1) is 0 Å². The number of hydrogen-bond donors (Lipinski definition) is 1. The normalized spacial score (nSPS) is 10.9. The number of hydrogen-bond acceptors (Lipinski definition) is 6. The summed E-state index contributed by atoms with van der Waals surface area (Å²) in [6.07, 6.45) is 2.84. The third kappa shape index (κ3) is 3.92. The molecule has 9 heteroatoms. The molecular weight excluding hydrogens is 410 g/mol. The number of carbonyl (C=O) groups excluding carboxylic acids is 1. The van der Waals surface area contributed by atoms with Crippen molar-refractivity contribution >= 4 is 22.6 Å². The molecule has 9 nitrogen and oxygen atoms in total. The molecule has 4 rings (SSSR count). The van der Waals surface area contributed by atoms with E-state index in [1.165, 1.54) is 31.3 Å². The number of methoxy groups -OCH3 is 2. The summed E-state index contributed by atoms with van der Waals surface area (Å²) in [4.78, 5) is 29.9. The van der Waals surface area contributed by atoms with Crippen LogP contribution in [-0.2, 0) is 11.3 Å². The van der Waals surface area contributed by atoms with E-state index in [2.05, 4.69) is 15.4 Å². The molecule has 4 aromatic rings. The lowest BCUT2D eigenvalue weighted by atomic mass is 10.1. The second kappa shape index (κ2) is 8.54. The van der Waals surface area contributed by atoms with Crippen LogP contribution in [0.4, 0.5) is 5.69 Å². The molecule has 2 heterocycles. The van der Waals surface area contributed by atoms with Gasteiger partial charge in [-0.05, 0) is 37.6 Å².